The summed E-state index contributed by atoms with van der Waals surface area (Å²) in [5.74, 6) is 0.938. The second kappa shape index (κ2) is 2.46. The highest BCUT2D eigenvalue weighted by atomic mass is 16.5. The van der Waals surface area contributed by atoms with Gasteiger partial charge in [-0.1, -0.05) is 0 Å². The van der Waals surface area contributed by atoms with E-state index in [-0.39, 0.29) is 0 Å². The Morgan fingerprint density at radius 3 is 3.00 bits per heavy atom. The Bertz CT molecular complexity index is 153. The average molecular weight is 141 g/mol. The monoisotopic (exact) mass is 141 g/mol. The van der Waals surface area contributed by atoms with E-state index >= 15 is 0 Å². The Morgan fingerprint density at radius 2 is 2.50 bits per heavy atom. The second-order valence-electron chi connectivity index (χ2n) is 2.54. The molecule has 0 aromatic heterocycles. The molecule has 2 heterocycles. The number of hydrogen-bond donors (Lipinski definition) is 2. The van der Waals surface area contributed by atoms with Crippen molar-refractivity contribution in [1.82, 2.24) is 10.6 Å². The van der Waals surface area contributed by atoms with Crippen molar-refractivity contribution in [3.8, 4) is 0 Å². The predicted molar refractivity (Wildman–Crippen MR) is 38.0 cm³/mol. The first-order chi connectivity index (χ1) is 4.95. The molecule has 0 aliphatic carbocycles. The molecular weight excluding hydrogens is 130 g/mol. The summed E-state index contributed by atoms with van der Waals surface area (Å²) >= 11 is 0. The van der Waals surface area contributed by atoms with Crippen LogP contribution in [-0.4, -0.2) is 38.3 Å². The molecule has 2 rings (SSSR count). The molecule has 0 radical (unpaired) electrons. The van der Waals surface area contributed by atoms with Gasteiger partial charge in [-0.15, -0.1) is 0 Å². The zero-order valence-electron chi connectivity index (χ0n) is 5.76. The molecule has 0 atom stereocenters. The van der Waals surface area contributed by atoms with Gasteiger partial charge in [-0.2, -0.15) is 0 Å². The van der Waals surface area contributed by atoms with Crippen molar-refractivity contribution in [2.24, 2.45) is 4.99 Å². The van der Waals surface area contributed by atoms with Crippen LogP contribution in [0.5, 0.6) is 0 Å². The molecule has 1 fully saturated rings. The van der Waals surface area contributed by atoms with Gasteiger partial charge in [0.15, 0.2) is 5.96 Å². The van der Waals surface area contributed by atoms with Crippen molar-refractivity contribution >= 4 is 5.96 Å². The SMILES string of the molecule is C1CNC(NC2COC2)=N1. The van der Waals surface area contributed by atoms with Crippen LogP contribution < -0.4 is 10.6 Å². The number of ether oxygens (including phenoxy) is 1. The van der Waals surface area contributed by atoms with Crippen LogP contribution in [0, 0.1) is 0 Å². The van der Waals surface area contributed by atoms with Gasteiger partial charge in [-0.25, -0.2) is 0 Å². The third-order valence-electron chi connectivity index (χ3n) is 1.65. The molecule has 1 saturated heterocycles. The van der Waals surface area contributed by atoms with E-state index in [1.165, 1.54) is 0 Å². The Balaban J connectivity index is 1.77. The molecule has 0 saturated carbocycles. The van der Waals surface area contributed by atoms with Crippen LogP contribution in [0.25, 0.3) is 0 Å². The first-order valence-corrected chi connectivity index (χ1v) is 3.58. The minimum Gasteiger partial charge on any atom is -0.377 e. The minimum atomic E-state index is 0.490. The average Bonchev–Trinajstić information content (AvgIpc) is 2.29. The summed E-state index contributed by atoms with van der Waals surface area (Å²) in [5.41, 5.74) is 0. The van der Waals surface area contributed by atoms with E-state index in [1.807, 2.05) is 0 Å². The van der Waals surface area contributed by atoms with Crippen LogP contribution in [0.2, 0.25) is 0 Å². The van der Waals surface area contributed by atoms with E-state index in [0.29, 0.717) is 6.04 Å². The highest BCUT2D eigenvalue weighted by Gasteiger charge is 2.19. The number of guanidine groups is 1. The fourth-order valence-corrected chi connectivity index (χ4v) is 1.01. The normalized spacial score (nSPS) is 25.0. The number of rotatable bonds is 1. The Hall–Kier alpha value is -0.770. The lowest BCUT2D eigenvalue weighted by Crippen LogP contribution is -2.51. The summed E-state index contributed by atoms with van der Waals surface area (Å²) in [4.78, 5) is 4.20. The lowest BCUT2D eigenvalue weighted by Gasteiger charge is -2.27. The molecule has 0 spiro atoms. The molecule has 2 aliphatic rings. The molecule has 0 aromatic rings. The number of aliphatic imine (C=N–C) groups is 1. The maximum Gasteiger partial charge on any atom is 0.191 e. The third kappa shape index (κ3) is 1.07. The van der Waals surface area contributed by atoms with Gasteiger partial charge in [0.1, 0.15) is 0 Å². The number of nitrogens with one attached hydrogen (secondary N) is 2. The Kier molecular flexibility index (Phi) is 1.47. The van der Waals surface area contributed by atoms with E-state index in [0.717, 1.165) is 32.3 Å². The summed E-state index contributed by atoms with van der Waals surface area (Å²) in [6.07, 6.45) is 0. The minimum absolute atomic E-state index is 0.490. The van der Waals surface area contributed by atoms with Crippen molar-refractivity contribution < 1.29 is 4.74 Å². The molecule has 10 heavy (non-hydrogen) atoms. The first-order valence-electron chi connectivity index (χ1n) is 3.58. The molecular formula is C6H11N3O. The standard InChI is InChI=1S/C6H11N3O/c1-2-8-6(7-1)9-5-3-10-4-5/h5H,1-4H2,(H2,7,8,9). The van der Waals surface area contributed by atoms with E-state index in [2.05, 4.69) is 15.6 Å². The molecule has 0 unspecified atom stereocenters. The van der Waals surface area contributed by atoms with Crippen LogP contribution in [0.4, 0.5) is 0 Å². The summed E-state index contributed by atoms with van der Waals surface area (Å²) < 4.78 is 5.00. The second-order valence-corrected chi connectivity index (χ2v) is 2.54. The van der Waals surface area contributed by atoms with Crippen molar-refractivity contribution in [3.63, 3.8) is 0 Å². The molecule has 0 aromatic carbocycles. The van der Waals surface area contributed by atoms with Crippen molar-refractivity contribution in [3.05, 3.63) is 0 Å². The van der Waals surface area contributed by atoms with Crippen LogP contribution in [0.3, 0.4) is 0 Å². The lowest BCUT2D eigenvalue weighted by molar-refractivity contribution is 0.00294. The van der Waals surface area contributed by atoms with Gasteiger partial charge in [0.05, 0.1) is 25.8 Å². The quantitative estimate of drug-likeness (QED) is 0.489. The summed E-state index contributed by atoms with van der Waals surface area (Å²) in [6.45, 7) is 3.51. The molecule has 0 amide bonds. The van der Waals surface area contributed by atoms with Crippen LogP contribution in [-0.2, 0) is 4.74 Å². The van der Waals surface area contributed by atoms with Gasteiger partial charge >= 0.3 is 0 Å². The Labute approximate surface area is 59.7 Å². The van der Waals surface area contributed by atoms with Crippen molar-refractivity contribution in [2.45, 2.75) is 6.04 Å². The van der Waals surface area contributed by atoms with Crippen LogP contribution in [0.1, 0.15) is 0 Å². The summed E-state index contributed by atoms with van der Waals surface area (Å²) in [6, 6.07) is 0.490. The van der Waals surface area contributed by atoms with Crippen LogP contribution >= 0.6 is 0 Å². The Morgan fingerprint density at radius 1 is 1.60 bits per heavy atom. The largest absolute Gasteiger partial charge is 0.377 e. The number of hydrogen-bond acceptors (Lipinski definition) is 4. The van der Waals surface area contributed by atoms with Gasteiger partial charge in [0.2, 0.25) is 0 Å². The van der Waals surface area contributed by atoms with Gasteiger partial charge < -0.3 is 15.4 Å². The molecule has 2 aliphatic heterocycles. The van der Waals surface area contributed by atoms with Gasteiger partial charge in [-0.3, -0.25) is 4.99 Å². The van der Waals surface area contributed by atoms with E-state index < -0.39 is 0 Å². The first kappa shape index (κ1) is 5.97. The third-order valence-corrected chi connectivity index (χ3v) is 1.65. The van der Waals surface area contributed by atoms with E-state index in [1.54, 1.807) is 0 Å². The summed E-state index contributed by atoms with van der Waals surface area (Å²) in [7, 11) is 0. The molecule has 2 N–H and O–H groups in total. The molecule has 0 bridgehead atoms. The topological polar surface area (TPSA) is 45.6 Å². The van der Waals surface area contributed by atoms with Gasteiger partial charge in [0.25, 0.3) is 0 Å². The summed E-state index contributed by atoms with van der Waals surface area (Å²) in [5, 5.41) is 6.37. The fraction of sp³-hybridized carbons (Fsp3) is 0.833. The lowest BCUT2D eigenvalue weighted by atomic mass is 10.3. The van der Waals surface area contributed by atoms with Crippen LogP contribution in [0.15, 0.2) is 4.99 Å². The van der Waals surface area contributed by atoms with Crippen molar-refractivity contribution in [1.29, 1.82) is 0 Å². The van der Waals surface area contributed by atoms with Gasteiger partial charge in [0, 0.05) is 6.54 Å². The molecule has 56 valence electrons. The molecule has 4 heteroatoms. The smallest absolute Gasteiger partial charge is 0.191 e. The maximum atomic E-state index is 5.00. The van der Waals surface area contributed by atoms with Crippen molar-refractivity contribution in [2.75, 3.05) is 26.3 Å². The highest BCUT2D eigenvalue weighted by molar-refractivity contribution is 5.81. The maximum absolute atomic E-state index is 5.00. The fourth-order valence-electron chi connectivity index (χ4n) is 1.01. The predicted octanol–water partition coefficient (Wildman–Crippen LogP) is -1.07. The zero-order chi connectivity index (χ0) is 6.81. The van der Waals surface area contributed by atoms with Gasteiger partial charge in [-0.05, 0) is 0 Å². The molecule has 4 nitrogen and oxygen atoms in total. The van der Waals surface area contributed by atoms with E-state index in [4.69, 9.17) is 4.74 Å². The number of nitrogens with zero attached hydrogens (tertiary/aromatic N) is 1. The van der Waals surface area contributed by atoms with E-state index in [9.17, 15) is 0 Å². The zero-order valence-corrected chi connectivity index (χ0v) is 5.76. The highest BCUT2D eigenvalue weighted by Crippen LogP contribution is 1.99.